The van der Waals surface area contributed by atoms with Crippen LogP contribution in [0.25, 0.3) is 0 Å². The Morgan fingerprint density at radius 2 is 1.95 bits per heavy atom. The second-order valence-corrected chi connectivity index (χ2v) is 5.55. The molecule has 1 aliphatic rings. The number of aliphatic hydroxyl groups excluding tert-OH is 1. The van der Waals surface area contributed by atoms with Crippen molar-refractivity contribution in [2.75, 3.05) is 11.9 Å². The van der Waals surface area contributed by atoms with E-state index >= 15 is 0 Å². The molecule has 0 amide bonds. The Morgan fingerprint density at radius 1 is 1.30 bits per heavy atom. The number of rotatable bonds is 3. The van der Waals surface area contributed by atoms with Crippen LogP contribution in [0.3, 0.4) is 0 Å². The molecular formula is C13H18F3N3O. The van der Waals surface area contributed by atoms with Gasteiger partial charge >= 0.3 is 6.18 Å². The van der Waals surface area contributed by atoms with Gasteiger partial charge in [-0.05, 0) is 43.7 Å². The SMILES string of the molecule is CC1CCC(CO)(Nc2ccc(C(F)(F)F)nn2)CC1. The molecule has 1 aromatic heterocycles. The fraction of sp³-hybridized carbons (Fsp3) is 0.692. The maximum atomic E-state index is 12.4. The van der Waals surface area contributed by atoms with E-state index in [2.05, 4.69) is 22.4 Å². The predicted molar refractivity (Wildman–Crippen MR) is 68.1 cm³/mol. The summed E-state index contributed by atoms with van der Waals surface area (Å²) in [4.78, 5) is 0. The van der Waals surface area contributed by atoms with Crippen LogP contribution in [-0.2, 0) is 6.18 Å². The van der Waals surface area contributed by atoms with Gasteiger partial charge in [-0.2, -0.15) is 13.2 Å². The maximum Gasteiger partial charge on any atom is 0.435 e. The zero-order valence-electron chi connectivity index (χ0n) is 11.2. The third-order valence-electron chi connectivity index (χ3n) is 3.88. The number of nitrogens with one attached hydrogen (secondary N) is 1. The number of hydrogen-bond acceptors (Lipinski definition) is 4. The van der Waals surface area contributed by atoms with Gasteiger partial charge in [-0.3, -0.25) is 0 Å². The van der Waals surface area contributed by atoms with Crippen LogP contribution in [0.15, 0.2) is 12.1 Å². The van der Waals surface area contributed by atoms with Crippen LogP contribution in [0.5, 0.6) is 0 Å². The molecule has 1 aromatic rings. The Balaban J connectivity index is 2.08. The number of aromatic nitrogens is 2. The summed E-state index contributed by atoms with van der Waals surface area (Å²) in [6.45, 7) is 2.08. The molecule has 0 aromatic carbocycles. The lowest BCUT2D eigenvalue weighted by Crippen LogP contribution is -2.45. The number of halogens is 3. The second-order valence-electron chi connectivity index (χ2n) is 5.55. The minimum atomic E-state index is -4.49. The third-order valence-corrected chi connectivity index (χ3v) is 3.88. The van der Waals surface area contributed by atoms with E-state index < -0.39 is 17.4 Å². The molecule has 4 nitrogen and oxygen atoms in total. The monoisotopic (exact) mass is 289 g/mol. The van der Waals surface area contributed by atoms with Gasteiger partial charge in [0.05, 0.1) is 12.1 Å². The molecule has 0 saturated heterocycles. The zero-order chi connectivity index (χ0) is 14.8. The lowest BCUT2D eigenvalue weighted by atomic mass is 9.77. The Hall–Kier alpha value is -1.37. The summed E-state index contributed by atoms with van der Waals surface area (Å²) in [6, 6.07) is 2.15. The summed E-state index contributed by atoms with van der Waals surface area (Å²) < 4.78 is 37.2. The minimum Gasteiger partial charge on any atom is -0.394 e. The van der Waals surface area contributed by atoms with Gasteiger partial charge in [0.1, 0.15) is 5.82 Å². The number of alkyl halides is 3. The molecule has 1 saturated carbocycles. The molecule has 112 valence electrons. The molecule has 0 radical (unpaired) electrons. The van der Waals surface area contributed by atoms with Crippen LogP contribution in [0.2, 0.25) is 0 Å². The highest BCUT2D eigenvalue weighted by Gasteiger charge is 2.35. The minimum absolute atomic E-state index is 0.0670. The van der Waals surface area contributed by atoms with E-state index in [4.69, 9.17) is 0 Å². The first kappa shape index (κ1) is 15.0. The van der Waals surface area contributed by atoms with Gasteiger partial charge < -0.3 is 10.4 Å². The average Bonchev–Trinajstić information content (AvgIpc) is 2.41. The van der Waals surface area contributed by atoms with E-state index in [1.807, 2.05) is 0 Å². The van der Waals surface area contributed by atoms with Crippen LogP contribution in [0.4, 0.5) is 19.0 Å². The van der Waals surface area contributed by atoms with Crippen LogP contribution in [0, 0.1) is 5.92 Å². The molecule has 1 aliphatic carbocycles. The van der Waals surface area contributed by atoms with Crippen molar-refractivity contribution in [3.63, 3.8) is 0 Å². The first-order valence-electron chi connectivity index (χ1n) is 6.65. The molecule has 20 heavy (non-hydrogen) atoms. The van der Waals surface area contributed by atoms with Gasteiger partial charge in [-0.1, -0.05) is 6.92 Å². The van der Waals surface area contributed by atoms with Crippen LogP contribution < -0.4 is 5.32 Å². The number of nitrogens with zero attached hydrogens (tertiary/aromatic N) is 2. The van der Waals surface area contributed by atoms with Gasteiger partial charge in [0.2, 0.25) is 0 Å². The highest BCUT2D eigenvalue weighted by Crippen LogP contribution is 2.34. The first-order valence-corrected chi connectivity index (χ1v) is 6.65. The number of hydrogen-bond donors (Lipinski definition) is 2. The molecule has 0 atom stereocenters. The largest absolute Gasteiger partial charge is 0.435 e. The standard InChI is InChI=1S/C13H18F3N3O/c1-9-4-6-12(8-20,7-5-9)17-11-3-2-10(18-19-11)13(14,15)16/h2-3,9,20H,4-8H2,1H3,(H,17,19). The Bertz CT molecular complexity index is 439. The summed E-state index contributed by atoms with van der Waals surface area (Å²) in [7, 11) is 0. The van der Waals surface area contributed by atoms with Crippen molar-refractivity contribution < 1.29 is 18.3 Å². The molecule has 2 rings (SSSR count). The summed E-state index contributed by atoms with van der Waals surface area (Å²) in [5.41, 5.74) is -1.51. The van der Waals surface area contributed by atoms with E-state index in [-0.39, 0.29) is 12.4 Å². The summed E-state index contributed by atoms with van der Waals surface area (Å²) in [6.07, 6.45) is -0.996. The van der Waals surface area contributed by atoms with Crippen molar-refractivity contribution in [1.82, 2.24) is 10.2 Å². The topological polar surface area (TPSA) is 58.0 Å². The molecule has 7 heteroatoms. The quantitative estimate of drug-likeness (QED) is 0.898. The first-order chi connectivity index (χ1) is 9.35. The Labute approximate surface area is 115 Å². The fourth-order valence-electron chi connectivity index (χ4n) is 2.46. The van der Waals surface area contributed by atoms with Crippen molar-refractivity contribution in [1.29, 1.82) is 0 Å². The Morgan fingerprint density at radius 3 is 2.40 bits per heavy atom. The van der Waals surface area contributed by atoms with Crippen molar-refractivity contribution in [2.24, 2.45) is 5.92 Å². The maximum absolute atomic E-state index is 12.4. The van der Waals surface area contributed by atoms with Gasteiger partial charge in [-0.15, -0.1) is 10.2 Å². The van der Waals surface area contributed by atoms with E-state index in [1.54, 1.807) is 0 Å². The highest BCUT2D eigenvalue weighted by molar-refractivity contribution is 5.37. The summed E-state index contributed by atoms with van der Waals surface area (Å²) in [5, 5.41) is 19.4. The van der Waals surface area contributed by atoms with E-state index in [0.29, 0.717) is 5.92 Å². The fourth-order valence-corrected chi connectivity index (χ4v) is 2.46. The van der Waals surface area contributed by atoms with Crippen molar-refractivity contribution >= 4 is 5.82 Å². The predicted octanol–water partition coefficient (Wildman–Crippen LogP) is 2.85. The molecule has 1 heterocycles. The number of anilines is 1. The van der Waals surface area contributed by atoms with Crippen molar-refractivity contribution in [3.8, 4) is 0 Å². The molecule has 0 aliphatic heterocycles. The van der Waals surface area contributed by atoms with Crippen LogP contribution in [-0.4, -0.2) is 27.4 Å². The smallest absolute Gasteiger partial charge is 0.394 e. The van der Waals surface area contributed by atoms with Crippen molar-refractivity contribution in [2.45, 2.75) is 44.3 Å². The lowest BCUT2D eigenvalue weighted by Gasteiger charge is -2.39. The van der Waals surface area contributed by atoms with Crippen LogP contribution in [0.1, 0.15) is 38.3 Å². The van der Waals surface area contributed by atoms with E-state index in [9.17, 15) is 18.3 Å². The van der Waals surface area contributed by atoms with Gasteiger partial charge in [0.15, 0.2) is 5.69 Å². The Kier molecular flexibility index (Phi) is 4.17. The molecule has 0 bridgehead atoms. The molecule has 0 unspecified atom stereocenters. The highest BCUT2D eigenvalue weighted by atomic mass is 19.4. The van der Waals surface area contributed by atoms with Crippen molar-refractivity contribution in [3.05, 3.63) is 17.8 Å². The summed E-state index contributed by atoms with van der Waals surface area (Å²) >= 11 is 0. The second kappa shape index (κ2) is 5.55. The van der Waals surface area contributed by atoms with E-state index in [0.717, 1.165) is 31.7 Å². The zero-order valence-corrected chi connectivity index (χ0v) is 11.2. The van der Waals surface area contributed by atoms with Gasteiger partial charge in [-0.25, -0.2) is 0 Å². The normalized spacial score (nSPS) is 27.4. The van der Waals surface area contributed by atoms with E-state index in [1.165, 1.54) is 6.07 Å². The molecule has 0 spiro atoms. The molecule has 2 N–H and O–H groups in total. The molecular weight excluding hydrogens is 271 g/mol. The molecule has 1 fully saturated rings. The van der Waals surface area contributed by atoms with Gasteiger partial charge in [0, 0.05) is 0 Å². The number of aliphatic hydroxyl groups is 1. The summed E-state index contributed by atoms with van der Waals surface area (Å²) in [5.74, 6) is 0.872. The third kappa shape index (κ3) is 3.39. The van der Waals surface area contributed by atoms with Gasteiger partial charge in [0.25, 0.3) is 0 Å². The average molecular weight is 289 g/mol. The lowest BCUT2D eigenvalue weighted by molar-refractivity contribution is -0.141. The van der Waals surface area contributed by atoms with Crippen LogP contribution >= 0.6 is 0 Å².